The van der Waals surface area contributed by atoms with E-state index in [-0.39, 0.29) is 42.0 Å². The number of ether oxygens (including phenoxy) is 3. The molecule has 2 aliphatic heterocycles. The Morgan fingerprint density at radius 3 is 2.32 bits per heavy atom. The molecule has 0 spiro atoms. The fourth-order valence-electron chi connectivity index (χ4n) is 3.21. The normalized spacial score (nSPS) is 29.1. The first kappa shape index (κ1) is 27.3. The van der Waals surface area contributed by atoms with Crippen LogP contribution in [-0.2, 0) is 37.0 Å². The summed E-state index contributed by atoms with van der Waals surface area (Å²) < 4.78 is 48.3. The third-order valence-corrected chi connectivity index (χ3v) is 14.0. The van der Waals surface area contributed by atoms with Crippen LogP contribution in [0.15, 0.2) is 0 Å². The molecule has 0 aromatic heterocycles. The minimum Gasteiger partial charge on any atom is -0.454 e. The SMILES string of the molecule is CC[C@H]1OCCC1O[P@](=O)(OC[C@H]1OCCC1O[Si](C)(C)C(C)(C)C)SCOC(C)=O. The van der Waals surface area contributed by atoms with E-state index in [1.54, 1.807) is 0 Å². The van der Waals surface area contributed by atoms with Crippen LogP contribution in [0.3, 0.4) is 0 Å². The molecule has 2 rings (SSSR count). The predicted molar refractivity (Wildman–Crippen MR) is 124 cm³/mol. The molecule has 0 bridgehead atoms. The molecule has 182 valence electrons. The quantitative estimate of drug-likeness (QED) is 0.166. The van der Waals surface area contributed by atoms with Crippen LogP contribution in [0.2, 0.25) is 18.1 Å². The molecule has 2 heterocycles. The van der Waals surface area contributed by atoms with Crippen molar-refractivity contribution in [1.82, 2.24) is 0 Å². The molecule has 5 atom stereocenters. The van der Waals surface area contributed by atoms with E-state index in [0.717, 1.165) is 24.2 Å². The Morgan fingerprint density at radius 1 is 1.13 bits per heavy atom. The number of esters is 1. The van der Waals surface area contributed by atoms with Gasteiger partial charge >= 0.3 is 12.8 Å². The van der Waals surface area contributed by atoms with Gasteiger partial charge in [-0.3, -0.25) is 13.8 Å². The zero-order chi connectivity index (χ0) is 23.3. The number of hydrogen-bond donors (Lipinski definition) is 0. The molecule has 0 amide bonds. The Bertz CT molecular complexity index is 641. The van der Waals surface area contributed by atoms with Crippen molar-refractivity contribution >= 4 is 32.5 Å². The molecule has 0 aromatic carbocycles. The van der Waals surface area contributed by atoms with Gasteiger partial charge in [-0.25, -0.2) is 4.57 Å². The minimum atomic E-state index is -3.60. The Morgan fingerprint density at radius 2 is 1.74 bits per heavy atom. The third kappa shape index (κ3) is 8.10. The molecule has 8 nitrogen and oxygen atoms in total. The molecule has 0 saturated carbocycles. The van der Waals surface area contributed by atoms with E-state index in [2.05, 4.69) is 33.9 Å². The van der Waals surface area contributed by atoms with E-state index in [1.165, 1.54) is 6.92 Å². The average Bonchev–Trinajstić information content (AvgIpc) is 3.27. The molecule has 0 aliphatic carbocycles. The van der Waals surface area contributed by atoms with Crippen LogP contribution in [0.1, 0.15) is 53.9 Å². The lowest BCUT2D eigenvalue weighted by Crippen LogP contribution is -2.46. The van der Waals surface area contributed by atoms with Gasteiger partial charge in [-0.15, -0.1) is 0 Å². The van der Waals surface area contributed by atoms with Gasteiger partial charge in [0, 0.05) is 37.9 Å². The van der Waals surface area contributed by atoms with Crippen molar-refractivity contribution in [3.05, 3.63) is 0 Å². The predicted octanol–water partition coefficient (Wildman–Crippen LogP) is 5.13. The lowest BCUT2D eigenvalue weighted by atomic mass is 10.1. The third-order valence-electron chi connectivity index (χ3n) is 6.09. The van der Waals surface area contributed by atoms with Crippen LogP contribution in [0.25, 0.3) is 0 Å². The first-order chi connectivity index (χ1) is 14.4. The van der Waals surface area contributed by atoms with Crippen molar-refractivity contribution in [2.45, 2.75) is 96.4 Å². The van der Waals surface area contributed by atoms with Crippen LogP contribution < -0.4 is 0 Å². The van der Waals surface area contributed by atoms with Gasteiger partial charge in [0.2, 0.25) is 0 Å². The maximum Gasteiger partial charge on any atom is 0.392 e. The second-order valence-electron chi connectivity index (χ2n) is 9.49. The van der Waals surface area contributed by atoms with Crippen LogP contribution in [-0.4, -0.2) is 64.5 Å². The van der Waals surface area contributed by atoms with Crippen LogP contribution in [0.4, 0.5) is 0 Å². The largest absolute Gasteiger partial charge is 0.454 e. The van der Waals surface area contributed by atoms with Crippen molar-refractivity contribution < 1.29 is 37.0 Å². The van der Waals surface area contributed by atoms with E-state index in [9.17, 15) is 9.36 Å². The highest BCUT2D eigenvalue weighted by molar-refractivity contribution is 8.55. The van der Waals surface area contributed by atoms with Gasteiger partial charge < -0.3 is 18.6 Å². The highest BCUT2D eigenvalue weighted by Crippen LogP contribution is 2.62. The topological polar surface area (TPSA) is 89.5 Å². The Hall–Kier alpha value is 0.0669. The number of rotatable bonds is 11. The second kappa shape index (κ2) is 11.5. The summed E-state index contributed by atoms with van der Waals surface area (Å²) in [4.78, 5) is 11.1. The second-order valence-corrected chi connectivity index (χ2v) is 18.2. The van der Waals surface area contributed by atoms with Crippen molar-refractivity contribution in [2.24, 2.45) is 0 Å². The first-order valence-electron chi connectivity index (χ1n) is 11.0. The van der Waals surface area contributed by atoms with Crippen LogP contribution in [0, 0.1) is 0 Å². The van der Waals surface area contributed by atoms with Crippen molar-refractivity contribution in [2.75, 3.05) is 25.8 Å². The summed E-state index contributed by atoms with van der Waals surface area (Å²) >= 11 is 0.878. The maximum atomic E-state index is 13.5. The van der Waals surface area contributed by atoms with E-state index < -0.39 is 21.1 Å². The number of carbonyl (C=O) groups is 1. The highest BCUT2D eigenvalue weighted by Gasteiger charge is 2.44. The van der Waals surface area contributed by atoms with Gasteiger partial charge in [0.1, 0.15) is 12.0 Å². The molecule has 11 heteroatoms. The summed E-state index contributed by atoms with van der Waals surface area (Å²) in [5.74, 6) is -0.552. The monoisotopic (exact) mass is 498 g/mol. The highest BCUT2D eigenvalue weighted by atomic mass is 32.7. The summed E-state index contributed by atoms with van der Waals surface area (Å²) in [5, 5.41) is 0.0803. The molecule has 31 heavy (non-hydrogen) atoms. The van der Waals surface area contributed by atoms with Gasteiger partial charge in [0.05, 0.1) is 24.9 Å². The van der Waals surface area contributed by atoms with Crippen LogP contribution in [0.5, 0.6) is 0 Å². The van der Waals surface area contributed by atoms with E-state index in [1.807, 2.05) is 6.92 Å². The smallest absolute Gasteiger partial charge is 0.392 e. The summed E-state index contributed by atoms with van der Waals surface area (Å²) in [6.45, 7) is 11.9. The molecule has 2 aliphatic rings. The van der Waals surface area contributed by atoms with Crippen molar-refractivity contribution in [3.63, 3.8) is 0 Å². The van der Waals surface area contributed by atoms with Gasteiger partial charge in [-0.05, 0) is 31.0 Å². The van der Waals surface area contributed by atoms with Gasteiger partial charge in [-0.2, -0.15) is 0 Å². The summed E-state index contributed by atoms with van der Waals surface area (Å²) in [6, 6.07) is 0. The molecular formula is C20H39O8PSSi. The fourth-order valence-corrected chi connectivity index (χ4v) is 7.50. The zero-order valence-electron chi connectivity index (χ0n) is 19.9. The van der Waals surface area contributed by atoms with Crippen molar-refractivity contribution in [3.8, 4) is 0 Å². The lowest BCUT2D eigenvalue weighted by molar-refractivity contribution is -0.138. The number of hydrogen-bond acceptors (Lipinski definition) is 9. The number of carbonyl (C=O) groups excluding carboxylic acids is 1. The summed E-state index contributed by atoms with van der Waals surface area (Å²) in [6.07, 6.45) is 1.33. The standard InChI is InChI=1S/C20H39O8PSSi/c1-8-16-17(9-11-23-16)27-29(22,30-14-25-15(2)21)26-13-19-18(10-12-24-19)28-31(6,7)20(3,4)5/h16-19H,8-14H2,1-7H3/t16-,17?,18?,19-,29+/m1/s1. The molecule has 0 N–H and O–H groups in total. The zero-order valence-corrected chi connectivity index (χ0v) is 22.6. The minimum absolute atomic E-state index is 0.0803. The summed E-state index contributed by atoms with van der Waals surface area (Å²) in [7, 11) is -1.98. The first-order valence-corrected chi connectivity index (χ1v) is 17.0. The van der Waals surface area contributed by atoms with Gasteiger partial charge in [-0.1, -0.05) is 27.7 Å². The summed E-state index contributed by atoms with van der Waals surface area (Å²) in [5.41, 5.74) is 0. The van der Waals surface area contributed by atoms with Gasteiger partial charge in [0.15, 0.2) is 8.32 Å². The molecular weight excluding hydrogens is 459 g/mol. The fraction of sp³-hybridized carbons (Fsp3) is 0.950. The molecule has 2 fully saturated rings. The molecule has 2 saturated heterocycles. The maximum absolute atomic E-state index is 13.5. The van der Waals surface area contributed by atoms with Crippen LogP contribution >= 0.6 is 18.2 Å². The van der Waals surface area contributed by atoms with E-state index in [4.69, 9.17) is 27.7 Å². The molecule has 2 unspecified atom stereocenters. The molecule has 0 radical (unpaired) electrons. The Kier molecular flexibility index (Phi) is 10.1. The van der Waals surface area contributed by atoms with Crippen molar-refractivity contribution in [1.29, 1.82) is 0 Å². The Balaban J connectivity index is 2.02. The lowest BCUT2D eigenvalue weighted by Gasteiger charge is -2.39. The Labute approximate surface area is 191 Å². The van der Waals surface area contributed by atoms with Gasteiger partial charge in [0.25, 0.3) is 0 Å². The van der Waals surface area contributed by atoms with E-state index in [0.29, 0.717) is 19.6 Å². The van der Waals surface area contributed by atoms with E-state index >= 15 is 0 Å². The molecule has 0 aromatic rings. The average molecular weight is 499 g/mol.